The zero-order valence-corrected chi connectivity index (χ0v) is 12.2. The minimum atomic E-state index is 0.634. The summed E-state index contributed by atoms with van der Waals surface area (Å²) >= 11 is 1.97. The maximum absolute atomic E-state index is 6.01. The molecule has 2 N–H and O–H groups in total. The van der Waals surface area contributed by atoms with Crippen molar-refractivity contribution >= 4 is 17.4 Å². The van der Waals surface area contributed by atoms with Crippen molar-refractivity contribution in [2.45, 2.75) is 43.4 Å². The molecule has 0 spiro atoms. The maximum atomic E-state index is 6.01. The Morgan fingerprint density at radius 1 is 1.16 bits per heavy atom. The van der Waals surface area contributed by atoms with E-state index in [9.17, 15) is 0 Å². The average Bonchev–Trinajstić information content (AvgIpc) is 2.36. The van der Waals surface area contributed by atoms with E-state index in [0.717, 1.165) is 23.4 Å². The van der Waals surface area contributed by atoms with E-state index in [1.165, 1.54) is 49.2 Å². The van der Waals surface area contributed by atoms with Crippen LogP contribution in [-0.2, 0) is 0 Å². The SMILES string of the molecule is Nc1cnccc1SCC12CC3CC(CC(C3)C1)C2. The summed E-state index contributed by atoms with van der Waals surface area (Å²) in [5.74, 6) is 4.40. The van der Waals surface area contributed by atoms with E-state index >= 15 is 0 Å². The summed E-state index contributed by atoms with van der Waals surface area (Å²) in [4.78, 5) is 5.31. The second-order valence-electron chi connectivity index (χ2n) is 7.12. The van der Waals surface area contributed by atoms with Gasteiger partial charge in [-0.1, -0.05) is 0 Å². The lowest BCUT2D eigenvalue weighted by Gasteiger charge is -2.56. The van der Waals surface area contributed by atoms with Crippen molar-refractivity contribution in [1.29, 1.82) is 0 Å². The van der Waals surface area contributed by atoms with Crippen LogP contribution in [-0.4, -0.2) is 10.7 Å². The normalized spacial score (nSPS) is 39.7. The molecule has 0 aliphatic heterocycles. The summed E-state index contributed by atoms with van der Waals surface area (Å²) in [7, 11) is 0. The molecular weight excluding hydrogens is 252 g/mol. The molecule has 19 heavy (non-hydrogen) atoms. The van der Waals surface area contributed by atoms with Crippen LogP contribution in [0.3, 0.4) is 0 Å². The average molecular weight is 274 g/mol. The number of nitrogens with zero attached hydrogens (tertiary/aromatic N) is 1. The van der Waals surface area contributed by atoms with Crippen LogP contribution in [0.5, 0.6) is 0 Å². The summed E-state index contributed by atoms with van der Waals surface area (Å²) in [6.45, 7) is 0. The van der Waals surface area contributed by atoms with Gasteiger partial charge in [0.15, 0.2) is 0 Å². The van der Waals surface area contributed by atoms with Gasteiger partial charge < -0.3 is 5.73 Å². The molecule has 4 aliphatic carbocycles. The van der Waals surface area contributed by atoms with Gasteiger partial charge in [-0.15, -0.1) is 11.8 Å². The van der Waals surface area contributed by atoms with Gasteiger partial charge in [-0.25, -0.2) is 0 Å². The molecule has 4 saturated carbocycles. The van der Waals surface area contributed by atoms with Gasteiger partial charge in [-0.3, -0.25) is 4.98 Å². The summed E-state index contributed by atoms with van der Waals surface area (Å²) in [5.41, 5.74) is 7.49. The zero-order chi connectivity index (χ0) is 12.9. The van der Waals surface area contributed by atoms with Crippen LogP contribution in [0, 0.1) is 23.2 Å². The minimum Gasteiger partial charge on any atom is -0.397 e. The number of hydrogen-bond donors (Lipinski definition) is 1. The molecule has 0 atom stereocenters. The number of anilines is 1. The molecule has 1 heterocycles. The zero-order valence-electron chi connectivity index (χ0n) is 11.3. The number of nitrogen functional groups attached to an aromatic ring is 1. The first kappa shape index (κ1) is 12.1. The van der Waals surface area contributed by atoms with Crippen molar-refractivity contribution in [3.8, 4) is 0 Å². The molecule has 2 nitrogen and oxygen atoms in total. The van der Waals surface area contributed by atoms with Crippen molar-refractivity contribution < 1.29 is 0 Å². The first-order valence-electron chi connectivity index (χ1n) is 7.55. The second kappa shape index (κ2) is 4.41. The molecule has 3 heteroatoms. The van der Waals surface area contributed by atoms with Crippen LogP contribution >= 0.6 is 11.8 Å². The molecule has 5 rings (SSSR count). The van der Waals surface area contributed by atoms with Crippen LogP contribution in [0.15, 0.2) is 23.4 Å². The third-order valence-corrected chi connectivity index (χ3v) is 6.95. The predicted molar refractivity (Wildman–Crippen MR) is 80.0 cm³/mol. The third-order valence-electron chi connectivity index (χ3n) is 5.51. The standard InChI is InChI=1S/C16H22N2S/c17-14-9-18-2-1-15(14)19-10-16-6-11-3-12(7-16)5-13(4-11)8-16/h1-2,9,11-13H,3-8,10,17H2. The predicted octanol–water partition coefficient (Wildman–Crippen LogP) is 3.97. The lowest BCUT2D eigenvalue weighted by atomic mass is 9.50. The van der Waals surface area contributed by atoms with E-state index in [1.54, 1.807) is 6.20 Å². The van der Waals surface area contributed by atoms with Crippen molar-refractivity contribution in [3.05, 3.63) is 18.5 Å². The van der Waals surface area contributed by atoms with Gasteiger partial charge in [0.05, 0.1) is 11.9 Å². The molecule has 1 aromatic rings. The van der Waals surface area contributed by atoms with Gasteiger partial charge in [0.25, 0.3) is 0 Å². The number of hydrogen-bond acceptors (Lipinski definition) is 3. The lowest BCUT2D eigenvalue weighted by molar-refractivity contribution is -0.0381. The molecule has 4 aliphatic rings. The monoisotopic (exact) mass is 274 g/mol. The Labute approximate surface area is 119 Å². The Kier molecular flexibility index (Phi) is 2.80. The highest BCUT2D eigenvalue weighted by Crippen LogP contribution is 2.61. The summed E-state index contributed by atoms with van der Waals surface area (Å²) in [6.07, 6.45) is 12.7. The maximum Gasteiger partial charge on any atom is 0.0638 e. The molecule has 4 fully saturated rings. The van der Waals surface area contributed by atoms with Crippen molar-refractivity contribution in [3.63, 3.8) is 0 Å². The summed E-state index contributed by atoms with van der Waals surface area (Å²) in [5, 5.41) is 0. The fourth-order valence-electron chi connectivity index (χ4n) is 5.22. The van der Waals surface area contributed by atoms with E-state index in [4.69, 9.17) is 5.73 Å². The van der Waals surface area contributed by atoms with Gasteiger partial charge in [0.2, 0.25) is 0 Å². The number of aromatic nitrogens is 1. The quantitative estimate of drug-likeness (QED) is 0.848. The van der Waals surface area contributed by atoms with Crippen LogP contribution in [0.25, 0.3) is 0 Å². The number of nitrogens with two attached hydrogens (primary N) is 1. The van der Waals surface area contributed by atoms with E-state index in [-0.39, 0.29) is 0 Å². The molecule has 4 bridgehead atoms. The van der Waals surface area contributed by atoms with Crippen LogP contribution < -0.4 is 5.73 Å². The topological polar surface area (TPSA) is 38.9 Å². The van der Waals surface area contributed by atoms with Gasteiger partial charge in [-0.2, -0.15) is 0 Å². The van der Waals surface area contributed by atoms with Gasteiger partial charge in [0, 0.05) is 16.8 Å². The Morgan fingerprint density at radius 2 is 1.79 bits per heavy atom. The van der Waals surface area contributed by atoms with E-state index in [0.29, 0.717) is 5.41 Å². The highest BCUT2D eigenvalue weighted by atomic mass is 32.2. The first-order chi connectivity index (χ1) is 9.22. The fourth-order valence-corrected chi connectivity index (χ4v) is 6.41. The number of rotatable bonds is 3. The molecular formula is C16H22N2S. The third kappa shape index (κ3) is 2.16. The number of pyridine rings is 1. The van der Waals surface area contributed by atoms with Crippen molar-refractivity contribution in [1.82, 2.24) is 4.98 Å². The molecule has 0 unspecified atom stereocenters. The lowest BCUT2D eigenvalue weighted by Crippen LogP contribution is -2.47. The van der Waals surface area contributed by atoms with Gasteiger partial charge >= 0.3 is 0 Å². The highest BCUT2D eigenvalue weighted by Gasteiger charge is 2.50. The smallest absolute Gasteiger partial charge is 0.0638 e. The molecule has 0 aromatic carbocycles. The van der Waals surface area contributed by atoms with Crippen LogP contribution in [0.4, 0.5) is 5.69 Å². The fraction of sp³-hybridized carbons (Fsp3) is 0.688. The summed E-state index contributed by atoms with van der Waals surface area (Å²) in [6, 6.07) is 2.07. The van der Waals surface area contributed by atoms with Crippen molar-refractivity contribution in [2.75, 3.05) is 11.5 Å². The summed E-state index contributed by atoms with van der Waals surface area (Å²) < 4.78 is 0. The van der Waals surface area contributed by atoms with E-state index in [2.05, 4.69) is 11.1 Å². The first-order valence-corrected chi connectivity index (χ1v) is 8.53. The van der Waals surface area contributed by atoms with Crippen molar-refractivity contribution in [2.24, 2.45) is 23.2 Å². The van der Waals surface area contributed by atoms with E-state index in [1.807, 2.05) is 18.0 Å². The Hall–Kier alpha value is -0.700. The largest absolute Gasteiger partial charge is 0.397 e. The minimum absolute atomic E-state index is 0.634. The van der Waals surface area contributed by atoms with Gasteiger partial charge in [-0.05, 0) is 67.8 Å². The van der Waals surface area contributed by atoms with Crippen LogP contribution in [0.1, 0.15) is 38.5 Å². The van der Waals surface area contributed by atoms with Gasteiger partial charge in [0.1, 0.15) is 0 Å². The number of thioether (sulfide) groups is 1. The molecule has 0 radical (unpaired) electrons. The molecule has 102 valence electrons. The Balaban J connectivity index is 1.49. The van der Waals surface area contributed by atoms with E-state index < -0.39 is 0 Å². The second-order valence-corrected chi connectivity index (χ2v) is 8.14. The molecule has 0 amide bonds. The molecule has 1 aromatic heterocycles. The Morgan fingerprint density at radius 3 is 2.37 bits per heavy atom. The van der Waals surface area contributed by atoms with Crippen LogP contribution in [0.2, 0.25) is 0 Å². The Bertz CT molecular complexity index is 450. The highest BCUT2D eigenvalue weighted by molar-refractivity contribution is 7.99. The molecule has 0 saturated heterocycles.